The van der Waals surface area contributed by atoms with Crippen LogP contribution in [-0.2, 0) is 16.0 Å². The number of amides is 2. The fourth-order valence-electron chi connectivity index (χ4n) is 1.78. The second-order valence-corrected chi connectivity index (χ2v) is 4.82. The predicted octanol–water partition coefficient (Wildman–Crippen LogP) is 1.32. The van der Waals surface area contributed by atoms with Crippen molar-refractivity contribution < 1.29 is 14.3 Å². The molecule has 1 aliphatic heterocycles. The predicted molar refractivity (Wildman–Crippen MR) is 70.7 cm³/mol. The molecule has 1 heterocycles. The number of ether oxygens (including phenoxy) is 1. The molecule has 0 bridgehead atoms. The Morgan fingerprint density at radius 3 is 3.06 bits per heavy atom. The summed E-state index contributed by atoms with van der Waals surface area (Å²) < 4.78 is 5.53. The zero-order valence-electron chi connectivity index (χ0n) is 9.88. The highest BCUT2D eigenvalue weighted by Crippen LogP contribution is 2.29. The molecule has 5 nitrogen and oxygen atoms in total. The molecule has 0 radical (unpaired) electrons. The van der Waals surface area contributed by atoms with E-state index in [1.165, 1.54) is 0 Å². The Hall–Kier alpha value is -1.40. The highest BCUT2D eigenvalue weighted by molar-refractivity contribution is 9.10. The van der Waals surface area contributed by atoms with E-state index in [0.29, 0.717) is 29.6 Å². The maximum absolute atomic E-state index is 11.9. The first-order valence-corrected chi connectivity index (χ1v) is 6.30. The van der Waals surface area contributed by atoms with Gasteiger partial charge in [-0.3, -0.25) is 9.59 Å². The summed E-state index contributed by atoms with van der Waals surface area (Å²) in [6, 6.07) is 3.49. The van der Waals surface area contributed by atoms with Crippen molar-refractivity contribution in [3.63, 3.8) is 0 Å². The molecule has 0 spiro atoms. The zero-order valence-corrected chi connectivity index (χ0v) is 11.5. The van der Waals surface area contributed by atoms with E-state index in [2.05, 4.69) is 26.6 Å². The van der Waals surface area contributed by atoms with Crippen molar-refractivity contribution in [2.75, 3.05) is 25.6 Å². The number of hydrogen-bond donors (Lipinski definition) is 2. The van der Waals surface area contributed by atoms with Gasteiger partial charge in [0.05, 0.1) is 18.6 Å². The molecule has 6 heteroatoms. The molecule has 96 valence electrons. The van der Waals surface area contributed by atoms with Crippen LogP contribution in [0.3, 0.4) is 0 Å². The molecule has 18 heavy (non-hydrogen) atoms. The number of methoxy groups -OCH3 is 1. The van der Waals surface area contributed by atoms with Crippen LogP contribution in [0.4, 0.5) is 5.69 Å². The normalized spacial score (nSPS) is 13.1. The highest BCUT2D eigenvalue weighted by Gasteiger charge is 2.21. The van der Waals surface area contributed by atoms with Gasteiger partial charge in [-0.05, 0) is 33.6 Å². The van der Waals surface area contributed by atoms with E-state index >= 15 is 0 Å². The second kappa shape index (κ2) is 5.49. The fourth-order valence-corrected chi connectivity index (χ4v) is 2.31. The van der Waals surface area contributed by atoms with E-state index in [4.69, 9.17) is 4.74 Å². The molecule has 0 fully saturated rings. The summed E-state index contributed by atoms with van der Waals surface area (Å²) in [7, 11) is 1.58. The summed E-state index contributed by atoms with van der Waals surface area (Å²) in [6.45, 7) is 0.921. The lowest BCUT2D eigenvalue weighted by molar-refractivity contribution is -0.115. The van der Waals surface area contributed by atoms with Gasteiger partial charge in [0.15, 0.2) is 0 Å². The topological polar surface area (TPSA) is 67.4 Å². The van der Waals surface area contributed by atoms with Gasteiger partial charge in [0.25, 0.3) is 5.91 Å². The molecule has 0 aliphatic carbocycles. The number of hydrogen-bond acceptors (Lipinski definition) is 3. The Bertz CT molecular complexity index is 502. The van der Waals surface area contributed by atoms with Gasteiger partial charge >= 0.3 is 0 Å². The maximum atomic E-state index is 11.9. The van der Waals surface area contributed by atoms with Gasteiger partial charge in [-0.1, -0.05) is 0 Å². The third-order valence-corrected chi connectivity index (χ3v) is 3.31. The van der Waals surface area contributed by atoms with Gasteiger partial charge in [0, 0.05) is 23.8 Å². The van der Waals surface area contributed by atoms with Crippen molar-refractivity contribution in [1.29, 1.82) is 0 Å². The number of carbonyl (C=O) groups excluding carboxylic acids is 2. The molecule has 2 rings (SSSR count). The molecule has 1 aromatic rings. The molecule has 0 atom stereocenters. The van der Waals surface area contributed by atoms with E-state index in [1.807, 2.05) is 0 Å². The van der Waals surface area contributed by atoms with Crippen molar-refractivity contribution in [3.8, 4) is 0 Å². The first kappa shape index (κ1) is 13.0. The van der Waals surface area contributed by atoms with Gasteiger partial charge in [-0.25, -0.2) is 0 Å². The maximum Gasteiger partial charge on any atom is 0.252 e. The molecule has 0 saturated carbocycles. The lowest BCUT2D eigenvalue weighted by atomic mass is 10.1. The largest absolute Gasteiger partial charge is 0.383 e. The van der Waals surface area contributed by atoms with Gasteiger partial charge in [-0.15, -0.1) is 0 Å². The zero-order chi connectivity index (χ0) is 13.1. The number of fused-ring (bicyclic) bond motifs is 1. The van der Waals surface area contributed by atoms with Crippen molar-refractivity contribution in [1.82, 2.24) is 5.32 Å². The molecule has 0 aromatic heterocycles. The number of anilines is 1. The summed E-state index contributed by atoms with van der Waals surface area (Å²) >= 11 is 3.34. The van der Waals surface area contributed by atoms with Crippen LogP contribution in [-0.4, -0.2) is 32.1 Å². The summed E-state index contributed by atoms with van der Waals surface area (Å²) in [5, 5.41) is 5.48. The number of rotatable bonds is 4. The smallest absolute Gasteiger partial charge is 0.252 e. The minimum Gasteiger partial charge on any atom is -0.383 e. The monoisotopic (exact) mass is 312 g/mol. The average Bonchev–Trinajstić information content (AvgIpc) is 2.67. The quantitative estimate of drug-likeness (QED) is 0.824. The van der Waals surface area contributed by atoms with Crippen molar-refractivity contribution in [3.05, 3.63) is 27.7 Å². The van der Waals surface area contributed by atoms with Crippen LogP contribution in [0.2, 0.25) is 0 Å². The van der Waals surface area contributed by atoms with E-state index in [9.17, 15) is 9.59 Å². The summed E-state index contributed by atoms with van der Waals surface area (Å²) in [6.07, 6.45) is 0.320. The lowest BCUT2D eigenvalue weighted by Gasteiger charge is -2.08. The Morgan fingerprint density at radius 1 is 1.56 bits per heavy atom. The lowest BCUT2D eigenvalue weighted by Crippen LogP contribution is -2.27. The Morgan fingerprint density at radius 2 is 2.33 bits per heavy atom. The van der Waals surface area contributed by atoms with Crippen LogP contribution >= 0.6 is 15.9 Å². The molecular weight excluding hydrogens is 300 g/mol. The molecule has 0 unspecified atom stereocenters. The number of carbonyl (C=O) groups is 2. The Labute approximate surface area is 113 Å². The number of nitrogens with one attached hydrogen (secondary N) is 2. The van der Waals surface area contributed by atoms with E-state index in [1.54, 1.807) is 19.2 Å². The Balaban J connectivity index is 2.16. The average molecular weight is 313 g/mol. The van der Waals surface area contributed by atoms with Crippen LogP contribution in [0.1, 0.15) is 15.9 Å². The van der Waals surface area contributed by atoms with Gasteiger partial charge in [0.2, 0.25) is 5.91 Å². The van der Waals surface area contributed by atoms with Crippen LogP contribution in [0.5, 0.6) is 0 Å². The highest BCUT2D eigenvalue weighted by atomic mass is 79.9. The summed E-state index contributed by atoms with van der Waals surface area (Å²) in [5.41, 5.74) is 2.14. The van der Waals surface area contributed by atoms with Crippen molar-refractivity contribution in [2.45, 2.75) is 6.42 Å². The molecular formula is C12H13BrN2O3. The van der Waals surface area contributed by atoms with Gasteiger partial charge < -0.3 is 15.4 Å². The van der Waals surface area contributed by atoms with E-state index in [0.717, 1.165) is 11.3 Å². The standard InChI is InChI=1S/C12H13BrN2O3/c1-18-3-2-14-12(17)8-4-7-5-11(16)15-10(7)6-9(8)13/h4,6H,2-3,5H2,1H3,(H,14,17)(H,15,16). The molecule has 2 N–H and O–H groups in total. The molecule has 0 saturated heterocycles. The fraction of sp³-hybridized carbons (Fsp3) is 0.333. The minimum absolute atomic E-state index is 0.0474. The minimum atomic E-state index is -0.180. The second-order valence-electron chi connectivity index (χ2n) is 3.96. The molecule has 1 aromatic carbocycles. The van der Waals surface area contributed by atoms with Crippen LogP contribution < -0.4 is 10.6 Å². The third kappa shape index (κ3) is 2.70. The van der Waals surface area contributed by atoms with Crippen LogP contribution in [0, 0.1) is 0 Å². The van der Waals surface area contributed by atoms with Gasteiger partial charge in [0.1, 0.15) is 0 Å². The van der Waals surface area contributed by atoms with Gasteiger partial charge in [-0.2, -0.15) is 0 Å². The SMILES string of the molecule is COCCNC(=O)c1cc2c(cc1Br)NC(=O)C2. The van der Waals surface area contributed by atoms with Crippen LogP contribution in [0.15, 0.2) is 16.6 Å². The molecule has 1 aliphatic rings. The molecule has 2 amide bonds. The van der Waals surface area contributed by atoms with Crippen molar-refractivity contribution >= 4 is 33.4 Å². The number of halogens is 1. The first-order chi connectivity index (χ1) is 8.61. The van der Waals surface area contributed by atoms with E-state index < -0.39 is 0 Å². The summed E-state index contributed by atoms with van der Waals surface area (Å²) in [5.74, 6) is -0.227. The summed E-state index contributed by atoms with van der Waals surface area (Å²) in [4.78, 5) is 23.2. The third-order valence-electron chi connectivity index (χ3n) is 2.65. The Kier molecular flexibility index (Phi) is 3.98. The van der Waals surface area contributed by atoms with E-state index in [-0.39, 0.29) is 11.8 Å². The number of benzene rings is 1. The van der Waals surface area contributed by atoms with Crippen LogP contribution in [0.25, 0.3) is 0 Å². The first-order valence-electron chi connectivity index (χ1n) is 5.51. The van der Waals surface area contributed by atoms with Crippen molar-refractivity contribution in [2.24, 2.45) is 0 Å².